The van der Waals surface area contributed by atoms with Crippen LogP contribution in [0.5, 0.6) is 5.75 Å². The van der Waals surface area contributed by atoms with Crippen molar-refractivity contribution in [1.82, 2.24) is 5.32 Å². The van der Waals surface area contributed by atoms with Gasteiger partial charge < -0.3 is 9.50 Å². The Kier molecular flexibility index (Phi) is 5.11. The van der Waals surface area contributed by atoms with Crippen LogP contribution in [-0.2, 0) is 21.5 Å². The summed E-state index contributed by atoms with van der Waals surface area (Å²) in [5.74, 6) is 0.206. The lowest BCUT2D eigenvalue weighted by Gasteiger charge is -2.12. The number of amides is 1. The van der Waals surface area contributed by atoms with E-state index in [1.807, 2.05) is 32.9 Å². The zero-order chi connectivity index (χ0) is 17.2. The van der Waals surface area contributed by atoms with Gasteiger partial charge in [0.25, 0.3) is 0 Å². The Balaban J connectivity index is 2.24. The first-order valence-corrected chi connectivity index (χ1v) is 9.27. The van der Waals surface area contributed by atoms with Gasteiger partial charge in [-0.15, -0.1) is 11.3 Å². The summed E-state index contributed by atoms with van der Waals surface area (Å²) in [5.41, 5.74) is 2.61. The highest BCUT2D eigenvalue weighted by atomic mass is 32.3. The quantitative estimate of drug-likeness (QED) is 0.839. The summed E-state index contributed by atoms with van der Waals surface area (Å²) < 4.78 is 30.3. The number of carbonyl (C=O) groups is 1. The lowest BCUT2D eigenvalue weighted by atomic mass is 10.1. The molecule has 0 aliphatic rings. The lowest BCUT2D eigenvalue weighted by molar-refractivity contribution is -0.119. The van der Waals surface area contributed by atoms with Gasteiger partial charge in [-0.05, 0) is 44.0 Å². The van der Waals surface area contributed by atoms with E-state index >= 15 is 0 Å². The van der Waals surface area contributed by atoms with Crippen LogP contribution < -0.4 is 9.50 Å². The highest BCUT2D eigenvalue weighted by Gasteiger charge is 2.21. The number of aryl methyl sites for hydroxylation is 3. The Bertz CT molecular complexity index is 815. The van der Waals surface area contributed by atoms with Crippen LogP contribution >= 0.6 is 11.3 Å². The molecule has 23 heavy (non-hydrogen) atoms. The molecule has 0 unspecified atom stereocenters. The highest BCUT2D eigenvalue weighted by molar-refractivity contribution is 7.89. The molecule has 1 amide bonds. The third-order valence-corrected chi connectivity index (χ3v) is 5.95. The molecule has 0 saturated carbocycles. The fraction of sp³-hybridized carbons (Fsp3) is 0.312. The van der Waals surface area contributed by atoms with Gasteiger partial charge in [0.15, 0.2) is 4.21 Å². The van der Waals surface area contributed by atoms with Crippen LogP contribution in [0.25, 0.3) is 0 Å². The van der Waals surface area contributed by atoms with Gasteiger partial charge in [-0.1, -0.05) is 17.7 Å². The van der Waals surface area contributed by atoms with Crippen molar-refractivity contribution in [1.29, 1.82) is 0 Å². The molecule has 0 bridgehead atoms. The number of nitrogens with one attached hydrogen (secondary N) is 1. The lowest BCUT2D eigenvalue weighted by Crippen LogP contribution is -2.18. The minimum atomic E-state index is -3.88. The predicted octanol–water partition coefficient (Wildman–Crippen LogP) is 3.08. The smallest absolute Gasteiger partial charge is 0.348 e. The molecule has 1 aromatic heterocycles. The van der Waals surface area contributed by atoms with Gasteiger partial charge >= 0.3 is 10.1 Å². The van der Waals surface area contributed by atoms with Crippen molar-refractivity contribution in [2.45, 2.75) is 38.4 Å². The van der Waals surface area contributed by atoms with Gasteiger partial charge in [0.1, 0.15) is 5.75 Å². The monoisotopic (exact) mass is 353 g/mol. The Morgan fingerprint density at radius 3 is 2.35 bits per heavy atom. The maximum absolute atomic E-state index is 12.4. The van der Waals surface area contributed by atoms with Crippen molar-refractivity contribution in [3.05, 3.63) is 45.8 Å². The first-order valence-electron chi connectivity index (χ1n) is 7.04. The number of thiophene rings is 1. The van der Waals surface area contributed by atoms with Gasteiger partial charge in [0, 0.05) is 11.8 Å². The summed E-state index contributed by atoms with van der Waals surface area (Å²) in [6.07, 6.45) is 0. The average Bonchev–Trinajstić information content (AvgIpc) is 2.90. The van der Waals surface area contributed by atoms with Crippen molar-refractivity contribution >= 4 is 27.4 Å². The van der Waals surface area contributed by atoms with E-state index in [0.717, 1.165) is 32.9 Å². The van der Waals surface area contributed by atoms with E-state index in [2.05, 4.69) is 5.32 Å². The van der Waals surface area contributed by atoms with Crippen LogP contribution in [0.2, 0.25) is 0 Å². The summed E-state index contributed by atoms with van der Waals surface area (Å²) in [5, 5.41) is 2.64. The first kappa shape index (κ1) is 17.5. The first-order chi connectivity index (χ1) is 10.7. The third kappa shape index (κ3) is 4.33. The SMILES string of the molecule is CC(=O)NCc1ccc(S(=O)(=O)Oc2c(C)cc(C)cc2C)s1. The summed E-state index contributed by atoms with van der Waals surface area (Å²) in [7, 11) is -3.88. The van der Waals surface area contributed by atoms with Crippen molar-refractivity contribution in [2.24, 2.45) is 0 Å². The Hall–Kier alpha value is -1.86. The molecule has 124 valence electrons. The maximum Gasteiger partial charge on any atom is 0.348 e. The van der Waals surface area contributed by atoms with E-state index in [1.165, 1.54) is 13.0 Å². The Morgan fingerprint density at radius 1 is 1.17 bits per heavy atom. The van der Waals surface area contributed by atoms with Crippen molar-refractivity contribution in [3.8, 4) is 5.75 Å². The van der Waals surface area contributed by atoms with Crippen LogP contribution in [0.3, 0.4) is 0 Å². The fourth-order valence-electron chi connectivity index (χ4n) is 2.25. The molecule has 0 saturated heterocycles. The molecule has 1 N–H and O–H groups in total. The normalized spacial score (nSPS) is 11.3. The molecule has 0 aliphatic carbocycles. The van der Waals surface area contributed by atoms with E-state index in [-0.39, 0.29) is 10.1 Å². The number of hydrogen-bond donors (Lipinski definition) is 1. The third-order valence-electron chi connectivity index (χ3n) is 3.19. The van der Waals surface area contributed by atoms with Crippen molar-refractivity contribution in [2.75, 3.05) is 0 Å². The molecule has 0 radical (unpaired) electrons. The fourth-order valence-corrected chi connectivity index (χ4v) is 4.55. The molecule has 0 spiro atoms. The topological polar surface area (TPSA) is 72.5 Å². The second-order valence-electron chi connectivity index (χ2n) is 5.40. The van der Waals surface area contributed by atoms with Gasteiger partial charge in [-0.2, -0.15) is 8.42 Å². The summed E-state index contributed by atoms with van der Waals surface area (Å²) in [6.45, 7) is 7.31. The predicted molar refractivity (Wildman–Crippen MR) is 90.3 cm³/mol. The van der Waals surface area contributed by atoms with Crippen LogP contribution in [0.4, 0.5) is 0 Å². The number of rotatable bonds is 5. The van der Waals surface area contributed by atoms with Crippen molar-refractivity contribution < 1.29 is 17.4 Å². The molecular formula is C16H19NO4S2. The van der Waals surface area contributed by atoms with E-state index in [0.29, 0.717) is 12.3 Å². The van der Waals surface area contributed by atoms with Crippen LogP contribution in [0, 0.1) is 20.8 Å². The van der Waals surface area contributed by atoms with E-state index in [9.17, 15) is 13.2 Å². The number of hydrogen-bond acceptors (Lipinski definition) is 5. The maximum atomic E-state index is 12.4. The van der Waals surface area contributed by atoms with Gasteiger partial charge in [0.2, 0.25) is 5.91 Å². The molecule has 0 atom stereocenters. The minimum absolute atomic E-state index is 0.122. The van der Waals surface area contributed by atoms with Gasteiger partial charge in [0.05, 0.1) is 6.54 Å². The van der Waals surface area contributed by atoms with Gasteiger partial charge in [-0.25, -0.2) is 0 Å². The highest BCUT2D eigenvalue weighted by Crippen LogP contribution is 2.30. The molecule has 0 fully saturated rings. The molecule has 1 heterocycles. The molecule has 2 aromatic rings. The average molecular weight is 353 g/mol. The van der Waals surface area contributed by atoms with Crippen LogP contribution in [-0.4, -0.2) is 14.3 Å². The second kappa shape index (κ2) is 6.72. The van der Waals surface area contributed by atoms with Crippen molar-refractivity contribution in [3.63, 3.8) is 0 Å². The minimum Gasteiger partial charge on any atom is -0.378 e. The van der Waals surface area contributed by atoms with E-state index in [4.69, 9.17) is 4.18 Å². The summed E-state index contributed by atoms with van der Waals surface area (Å²) in [6, 6.07) is 6.94. The van der Waals surface area contributed by atoms with E-state index in [1.54, 1.807) is 6.07 Å². The summed E-state index contributed by atoms with van der Waals surface area (Å²) in [4.78, 5) is 11.7. The molecule has 7 heteroatoms. The second-order valence-corrected chi connectivity index (χ2v) is 8.34. The molecule has 5 nitrogen and oxygen atoms in total. The Labute approximate surface area is 140 Å². The van der Waals surface area contributed by atoms with Gasteiger partial charge in [-0.3, -0.25) is 4.79 Å². The number of carbonyl (C=O) groups excluding carboxylic acids is 1. The standard InChI is InChI=1S/C16H19NO4S2/c1-10-7-11(2)16(12(3)8-10)21-23(19,20)15-6-5-14(22-15)9-17-13(4)18/h5-8H,9H2,1-4H3,(H,17,18). The Morgan fingerprint density at radius 2 is 1.78 bits per heavy atom. The summed E-state index contributed by atoms with van der Waals surface area (Å²) >= 11 is 1.09. The van der Waals surface area contributed by atoms with Crippen LogP contribution in [0.15, 0.2) is 28.5 Å². The molecule has 0 aliphatic heterocycles. The number of benzene rings is 1. The largest absolute Gasteiger partial charge is 0.378 e. The molecule has 2 rings (SSSR count). The zero-order valence-electron chi connectivity index (χ0n) is 13.5. The van der Waals surface area contributed by atoms with E-state index < -0.39 is 10.1 Å². The zero-order valence-corrected chi connectivity index (χ0v) is 15.1. The molecule has 1 aromatic carbocycles. The molecular weight excluding hydrogens is 334 g/mol. The van der Waals surface area contributed by atoms with Crippen LogP contribution in [0.1, 0.15) is 28.5 Å².